The first-order valence-electron chi connectivity index (χ1n) is 12.9. The Labute approximate surface area is 231 Å². The summed E-state index contributed by atoms with van der Waals surface area (Å²) in [5.41, 5.74) is 6.58. The van der Waals surface area contributed by atoms with Gasteiger partial charge in [-0.1, -0.05) is 133 Å². The molecule has 0 bridgehead atoms. The van der Waals surface area contributed by atoms with Crippen LogP contribution in [0.3, 0.4) is 0 Å². The van der Waals surface area contributed by atoms with Crippen LogP contribution in [0.2, 0.25) is 0 Å². The molecule has 0 aliphatic rings. The highest BCUT2D eigenvalue weighted by Crippen LogP contribution is 2.44. The molecule has 0 saturated carbocycles. The molecule has 3 nitrogen and oxygen atoms in total. The zero-order chi connectivity index (χ0) is 26.0. The molecule has 0 N–H and O–H groups in total. The molecule has 0 aliphatic carbocycles. The maximum Gasteiger partial charge on any atom is 0.174 e. The lowest BCUT2D eigenvalue weighted by Gasteiger charge is -2.10. The summed E-state index contributed by atoms with van der Waals surface area (Å²) in [7, 11) is 0. The van der Waals surface area contributed by atoms with E-state index < -0.39 is 0 Å². The quantitative estimate of drug-likeness (QED) is 0.228. The number of nitrogens with zero attached hydrogens (tertiary/aromatic N) is 3. The van der Waals surface area contributed by atoms with Crippen molar-refractivity contribution >= 4 is 21.4 Å². The van der Waals surface area contributed by atoms with Gasteiger partial charge in [-0.25, -0.2) is 15.0 Å². The predicted molar refractivity (Wildman–Crippen MR) is 162 cm³/mol. The predicted octanol–water partition coefficient (Wildman–Crippen LogP) is 9.42. The smallest absolute Gasteiger partial charge is 0.174 e. The second-order valence-electron chi connectivity index (χ2n) is 9.28. The minimum absolute atomic E-state index is 0.662. The van der Waals surface area contributed by atoms with Crippen LogP contribution in [-0.2, 0) is 0 Å². The molecule has 5 aromatic carbocycles. The molecule has 0 radical (unpaired) electrons. The molecule has 184 valence electrons. The summed E-state index contributed by atoms with van der Waals surface area (Å²) in [4.78, 5) is 16.1. The number of fused-ring (bicyclic) bond motifs is 1. The lowest BCUT2D eigenvalue weighted by molar-refractivity contribution is 1.08. The highest BCUT2D eigenvalue weighted by Gasteiger charge is 2.20. The van der Waals surface area contributed by atoms with Crippen molar-refractivity contribution in [2.75, 3.05) is 0 Å². The van der Waals surface area contributed by atoms with E-state index in [0.29, 0.717) is 17.5 Å². The summed E-state index contributed by atoms with van der Waals surface area (Å²) in [5, 5.41) is 1.21. The minimum atomic E-state index is 0.662. The molecular weight excluding hydrogens is 494 g/mol. The summed E-state index contributed by atoms with van der Waals surface area (Å²) in [6.07, 6.45) is 0. The third-order valence-corrected chi connectivity index (χ3v) is 7.95. The van der Waals surface area contributed by atoms with Gasteiger partial charge in [0.25, 0.3) is 0 Å². The molecule has 0 aliphatic heterocycles. The zero-order valence-electron chi connectivity index (χ0n) is 21.0. The van der Waals surface area contributed by atoms with Crippen LogP contribution in [0.5, 0.6) is 0 Å². The van der Waals surface area contributed by atoms with Crippen molar-refractivity contribution in [3.8, 4) is 55.7 Å². The van der Waals surface area contributed by atoms with Gasteiger partial charge in [-0.05, 0) is 22.8 Å². The van der Waals surface area contributed by atoms with E-state index in [0.717, 1.165) is 32.7 Å². The van der Waals surface area contributed by atoms with Crippen molar-refractivity contribution in [2.24, 2.45) is 0 Å². The largest absolute Gasteiger partial charge is 0.208 e. The Bertz CT molecular complexity index is 1880. The molecule has 0 fully saturated rings. The number of hydrogen-bond donors (Lipinski definition) is 0. The molecule has 0 saturated heterocycles. The summed E-state index contributed by atoms with van der Waals surface area (Å²) in [6.45, 7) is 0. The van der Waals surface area contributed by atoms with Crippen LogP contribution >= 0.6 is 11.3 Å². The maximum atomic E-state index is 5.07. The molecule has 39 heavy (non-hydrogen) atoms. The minimum Gasteiger partial charge on any atom is -0.208 e. The Morgan fingerprint density at radius 3 is 1.44 bits per heavy atom. The summed E-state index contributed by atoms with van der Waals surface area (Å²) in [5.74, 6) is 2.01. The SMILES string of the molecule is c1ccc(-c2ccc(-c3nc(-c4ccccc4)nc(-c4sc5ccccc5c4-c4ccccc4)n3)cc2)cc1. The summed E-state index contributed by atoms with van der Waals surface area (Å²) >= 11 is 1.73. The van der Waals surface area contributed by atoms with Crippen LogP contribution in [0.4, 0.5) is 0 Å². The molecule has 0 atom stereocenters. The molecule has 0 amide bonds. The highest BCUT2D eigenvalue weighted by atomic mass is 32.1. The van der Waals surface area contributed by atoms with Crippen LogP contribution in [0.25, 0.3) is 65.8 Å². The lowest BCUT2D eigenvalue weighted by atomic mass is 10.0. The van der Waals surface area contributed by atoms with E-state index in [1.165, 1.54) is 15.6 Å². The summed E-state index contributed by atoms with van der Waals surface area (Å²) in [6, 6.07) is 48.0. The van der Waals surface area contributed by atoms with E-state index in [2.05, 4.69) is 97.1 Å². The van der Waals surface area contributed by atoms with E-state index in [1.54, 1.807) is 11.3 Å². The molecule has 2 heterocycles. The number of thiophene rings is 1. The first-order valence-corrected chi connectivity index (χ1v) is 13.7. The zero-order valence-corrected chi connectivity index (χ0v) is 21.8. The second kappa shape index (κ2) is 10.1. The fourth-order valence-corrected chi connectivity index (χ4v) is 6.02. The summed E-state index contributed by atoms with van der Waals surface area (Å²) < 4.78 is 1.21. The average Bonchev–Trinajstić information content (AvgIpc) is 3.42. The lowest BCUT2D eigenvalue weighted by Crippen LogP contribution is -2.00. The van der Waals surface area contributed by atoms with E-state index >= 15 is 0 Å². The average molecular weight is 518 g/mol. The monoisotopic (exact) mass is 517 g/mol. The molecular formula is C35H23N3S. The first-order chi connectivity index (χ1) is 19.3. The Morgan fingerprint density at radius 1 is 0.359 bits per heavy atom. The van der Waals surface area contributed by atoms with E-state index in [9.17, 15) is 0 Å². The van der Waals surface area contributed by atoms with Crippen LogP contribution in [0.15, 0.2) is 140 Å². The van der Waals surface area contributed by atoms with Gasteiger partial charge in [-0.15, -0.1) is 11.3 Å². The number of rotatable bonds is 5. The Morgan fingerprint density at radius 2 is 0.795 bits per heavy atom. The van der Waals surface area contributed by atoms with Crippen molar-refractivity contribution in [1.82, 2.24) is 15.0 Å². The van der Waals surface area contributed by atoms with Crippen LogP contribution < -0.4 is 0 Å². The third kappa shape index (κ3) is 4.52. The van der Waals surface area contributed by atoms with Gasteiger partial charge in [0.05, 0.1) is 4.88 Å². The van der Waals surface area contributed by atoms with Crippen LogP contribution in [-0.4, -0.2) is 15.0 Å². The second-order valence-corrected chi connectivity index (χ2v) is 10.3. The molecule has 7 aromatic rings. The molecule has 0 spiro atoms. The van der Waals surface area contributed by atoms with Crippen molar-refractivity contribution in [2.45, 2.75) is 0 Å². The van der Waals surface area contributed by atoms with Gasteiger partial charge in [0, 0.05) is 26.8 Å². The highest BCUT2D eigenvalue weighted by molar-refractivity contribution is 7.23. The normalized spacial score (nSPS) is 11.1. The fourth-order valence-electron chi connectivity index (χ4n) is 4.86. The van der Waals surface area contributed by atoms with Gasteiger partial charge in [0.1, 0.15) is 0 Å². The Balaban J connectivity index is 1.43. The number of benzene rings is 5. The van der Waals surface area contributed by atoms with Gasteiger partial charge in [-0.3, -0.25) is 0 Å². The maximum absolute atomic E-state index is 5.07. The van der Waals surface area contributed by atoms with Gasteiger partial charge < -0.3 is 0 Å². The third-order valence-electron chi connectivity index (χ3n) is 6.78. The molecule has 7 rings (SSSR count). The van der Waals surface area contributed by atoms with Gasteiger partial charge >= 0.3 is 0 Å². The van der Waals surface area contributed by atoms with Gasteiger partial charge in [0.15, 0.2) is 17.5 Å². The molecule has 0 unspecified atom stereocenters. The molecule has 2 aromatic heterocycles. The van der Waals surface area contributed by atoms with Crippen molar-refractivity contribution in [1.29, 1.82) is 0 Å². The van der Waals surface area contributed by atoms with Crippen molar-refractivity contribution < 1.29 is 0 Å². The topological polar surface area (TPSA) is 38.7 Å². The first kappa shape index (κ1) is 23.2. The number of aromatic nitrogens is 3. The number of hydrogen-bond acceptors (Lipinski definition) is 4. The van der Waals surface area contributed by atoms with Crippen LogP contribution in [0.1, 0.15) is 0 Å². The standard InChI is InChI=1S/C35H23N3S/c1-4-12-24(13-5-1)25-20-22-28(23-21-25)34-36-33(27-16-8-3-9-17-27)37-35(38-34)32-31(26-14-6-2-7-15-26)29-18-10-11-19-30(29)39-32/h1-23H. The van der Waals surface area contributed by atoms with Crippen molar-refractivity contribution in [3.63, 3.8) is 0 Å². The van der Waals surface area contributed by atoms with Gasteiger partial charge in [-0.2, -0.15) is 0 Å². The molecule has 4 heteroatoms. The van der Waals surface area contributed by atoms with Crippen LogP contribution in [0, 0.1) is 0 Å². The van der Waals surface area contributed by atoms with E-state index in [4.69, 9.17) is 15.0 Å². The van der Waals surface area contributed by atoms with E-state index in [1.807, 2.05) is 42.5 Å². The Hall–Kier alpha value is -4.93. The Kier molecular flexibility index (Phi) is 6.00. The fraction of sp³-hybridized carbons (Fsp3) is 0. The van der Waals surface area contributed by atoms with Crippen molar-refractivity contribution in [3.05, 3.63) is 140 Å². The van der Waals surface area contributed by atoms with E-state index in [-0.39, 0.29) is 0 Å². The van der Waals surface area contributed by atoms with Gasteiger partial charge in [0.2, 0.25) is 0 Å².